The molecular formula is C22H32N4O3. The van der Waals surface area contributed by atoms with E-state index in [1.165, 1.54) is 18.1 Å². The molecule has 1 aliphatic carbocycles. The summed E-state index contributed by atoms with van der Waals surface area (Å²) in [5.41, 5.74) is 2.50. The van der Waals surface area contributed by atoms with E-state index in [1.54, 1.807) is 0 Å². The van der Waals surface area contributed by atoms with Crippen LogP contribution in [0.2, 0.25) is 0 Å². The van der Waals surface area contributed by atoms with Gasteiger partial charge in [0.05, 0.1) is 6.04 Å². The molecule has 1 fully saturated rings. The summed E-state index contributed by atoms with van der Waals surface area (Å²) in [5.74, 6) is -0.0242. The van der Waals surface area contributed by atoms with Crippen molar-refractivity contribution >= 4 is 17.8 Å². The number of urea groups is 1. The van der Waals surface area contributed by atoms with Crippen LogP contribution >= 0.6 is 0 Å². The van der Waals surface area contributed by atoms with Crippen LogP contribution < -0.4 is 16.0 Å². The number of nitrogens with one attached hydrogen (secondary N) is 3. The molecule has 1 spiro atoms. The number of hydrogen-bond donors (Lipinski definition) is 3. The maximum atomic E-state index is 12.5. The molecule has 29 heavy (non-hydrogen) atoms. The molecule has 0 bridgehead atoms. The van der Waals surface area contributed by atoms with Gasteiger partial charge in [0, 0.05) is 44.4 Å². The summed E-state index contributed by atoms with van der Waals surface area (Å²) in [6.07, 6.45) is 2.98. The summed E-state index contributed by atoms with van der Waals surface area (Å²) >= 11 is 0. The van der Waals surface area contributed by atoms with Gasteiger partial charge in [-0.1, -0.05) is 24.3 Å². The smallest absolute Gasteiger partial charge is 0.315 e. The first-order chi connectivity index (χ1) is 13.8. The Balaban J connectivity index is 1.64. The Morgan fingerprint density at radius 1 is 1.17 bits per heavy atom. The first kappa shape index (κ1) is 21.1. The Kier molecular flexibility index (Phi) is 6.45. The van der Waals surface area contributed by atoms with Crippen LogP contribution in [0.25, 0.3) is 0 Å². The van der Waals surface area contributed by atoms with Gasteiger partial charge in [-0.3, -0.25) is 9.59 Å². The average Bonchev–Trinajstić information content (AvgIpc) is 2.95. The van der Waals surface area contributed by atoms with Crippen LogP contribution in [0.1, 0.15) is 63.6 Å². The summed E-state index contributed by atoms with van der Waals surface area (Å²) in [5, 5.41) is 8.73. The van der Waals surface area contributed by atoms with Crippen molar-refractivity contribution in [1.82, 2.24) is 20.9 Å². The lowest BCUT2D eigenvalue weighted by Gasteiger charge is -2.40. The molecule has 1 aromatic rings. The quantitative estimate of drug-likeness (QED) is 0.708. The molecule has 0 aromatic heterocycles. The highest BCUT2D eigenvalue weighted by Gasteiger charge is 2.46. The lowest BCUT2D eigenvalue weighted by Crippen LogP contribution is -2.46. The van der Waals surface area contributed by atoms with Crippen molar-refractivity contribution in [2.24, 2.45) is 0 Å². The largest absolute Gasteiger partial charge is 0.356 e. The number of hydrogen-bond acceptors (Lipinski definition) is 3. The van der Waals surface area contributed by atoms with Crippen LogP contribution in [-0.2, 0) is 15.0 Å². The normalized spacial score (nSPS) is 19.7. The molecular weight excluding hydrogens is 368 g/mol. The zero-order valence-corrected chi connectivity index (χ0v) is 17.6. The number of fused-ring (bicyclic) bond motifs is 2. The second-order valence-electron chi connectivity index (χ2n) is 8.51. The van der Waals surface area contributed by atoms with Gasteiger partial charge in [-0.05, 0) is 44.2 Å². The van der Waals surface area contributed by atoms with Gasteiger partial charge in [0.25, 0.3) is 0 Å². The van der Waals surface area contributed by atoms with Crippen molar-refractivity contribution in [3.63, 3.8) is 0 Å². The molecule has 3 rings (SSSR count). The molecule has 2 aliphatic rings. The predicted molar refractivity (Wildman–Crippen MR) is 111 cm³/mol. The Hall–Kier alpha value is -2.57. The predicted octanol–water partition coefficient (Wildman–Crippen LogP) is 2.23. The molecule has 1 atom stereocenters. The van der Waals surface area contributed by atoms with Gasteiger partial charge in [-0.15, -0.1) is 0 Å². The van der Waals surface area contributed by atoms with Crippen molar-refractivity contribution in [2.75, 3.05) is 19.6 Å². The third kappa shape index (κ3) is 4.89. The van der Waals surface area contributed by atoms with Crippen LogP contribution in [0, 0.1) is 0 Å². The SMILES string of the molecule is CC(=O)NCCC(=O)N1CCC2(CC1)CC(NC(=O)NC(C)C)c1ccccc12. The molecule has 4 amide bonds. The van der Waals surface area contributed by atoms with E-state index in [1.807, 2.05) is 24.8 Å². The van der Waals surface area contributed by atoms with Crippen molar-refractivity contribution in [3.8, 4) is 0 Å². The van der Waals surface area contributed by atoms with E-state index >= 15 is 0 Å². The number of likely N-dealkylation sites (tertiary alicyclic amines) is 1. The molecule has 1 aromatic carbocycles. The second-order valence-corrected chi connectivity index (χ2v) is 8.51. The molecule has 1 unspecified atom stereocenters. The van der Waals surface area contributed by atoms with E-state index < -0.39 is 0 Å². The van der Waals surface area contributed by atoms with Gasteiger partial charge in [0.15, 0.2) is 0 Å². The van der Waals surface area contributed by atoms with Crippen molar-refractivity contribution in [2.45, 2.75) is 64.0 Å². The summed E-state index contributed by atoms with van der Waals surface area (Å²) in [7, 11) is 0. The van der Waals surface area contributed by atoms with Gasteiger partial charge in [0.2, 0.25) is 11.8 Å². The number of amides is 4. The van der Waals surface area contributed by atoms with E-state index in [0.717, 1.165) is 19.3 Å². The van der Waals surface area contributed by atoms with E-state index in [0.29, 0.717) is 26.1 Å². The molecule has 1 heterocycles. The van der Waals surface area contributed by atoms with Gasteiger partial charge >= 0.3 is 6.03 Å². The van der Waals surface area contributed by atoms with Gasteiger partial charge in [-0.25, -0.2) is 4.79 Å². The van der Waals surface area contributed by atoms with Crippen LogP contribution in [0.15, 0.2) is 24.3 Å². The van der Waals surface area contributed by atoms with Crippen LogP contribution in [0.3, 0.4) is 0 Å². The average molecular weight is 401 g/mol. The van der Waals surface area contributed by atoms with E-state index in [4.69, 9.17) is 0 Å². The van der Waals surface area contributed by atoms with Gasteiger partial charge < -0.3 is 20.9 Å². The fraction of sp³-hybridized carbons (Fsp3) is 0.591. The van der Waals surface area contributed by atoms with E-state index in [-0.39, 0.29) is 35.3 Å². The lowest BCUT2D eigenvalue weighted by atomic mass is 9.73. The number of rotatable bonds is 5. The fourth-order valence-corrected chi connectivity index (χ4v) is 4.65. The summed E-state index contributed by atoms with van der Waals surface area (Å²) < 4.78 is 0. The zero-order valence-electron chi connectivity index (χ0n) is 17.6. The maximum Gasteiger partial charge on any atom is 0.315 e. The highest BCUT2D eigenvalue weighted by Crippen LogP contribution is 2.50. The van der Waals surface area contributed by atoms with Crippen molar-refractivity contribution < 1.29 is 14.4 Å². The second kappa shape index (κ2) is 8.84. The standard InChI is InChI=1S/C22H32N4O3/c1-15(2)24-21(29)25-19-14-22(18-7-5-4-6-17(18)19)9-12-26(13-10-22)20(28)8-11-23-16(3)27/h4-7,15,19H,8-14H2,1-3H3,(H,23,27)(H2,24,25,29). The summed E-state index contributed by atoms with van der Waals surface area (Å²) in [4.78, 5) is 37.6. The third-order valence-corrected chi connectivity index (χ3v) is 6.01. The minimum absolute atomic E-state index is 0.000779. The highest BCUT2D eigenvalue weighted by molar-refractivity contribution is 5.78. The number of carbonyl (C=O) groups is 3. The monoisotopic (exact) mass is 400 g/mol. The first-order valence-corrected chi connectivity index (χ1v) is 10.5. The summed E-state index contributed by atoms with van der Waals surface area (Å²) in [6, 6.07) is 8.30. The number of nitrogens with zero attached hydrogens (tertiary/aromatic N) is 1. The lowest BCUT2D eigenvalue weighted by molar-refractivity contribution is -0.132. The highest BCUT2D eigenvalue weighted by atomic mass is 16.2. The minimum Gasteiger partial charge on any atom is -0.356 e. The van der Waals surface area contributed by atoms with Crippen molar-refractivity contribution in [1.29, 1.82) is 0 Å². The van der Waals surface area contributed by atoms with E-state index in [2.05, 4.69) is 34.1 Å². The Labute approximate surface area is 172 Å². The van der Waals surface area contributed by atoms with Gasteiger partial charge in [0.1, 0.15) is 0 Å². The van der Waals surface area contributed by atoms with Crippen LogP contribution in [0.4, 0.5) is 4.79 Å². The Morgan fingerprint density at radius 2 is 1.86 bits per heavy atom. The number of piperidine rings is 1. The third-order valence-electron chi connectivity index (χ3n) is 6.01. The summed E-state index contributed by atoms with van der Waals surface area (Å²) in [6.45, 7) is 7.15. The van der Waals surface area contributed by atoms with Crippen molar-refractivity contribution in [3.05, 3.63) is 35.4 Å². The topological polar surface area (TPSA) is 90.5 Å². The fourth-order valence-electron chi connectivity index (χ4n) is 4.65. The van der Waals surface area contributed by atoms with Gasteiger partial charge in [-0.2, -0.15) is 0 Å². The maximum absolute atomic E-state index is 12.5. The van der Waals surface area contributed by atoms with Crippen LogP contribution in [-0.4, -0.2) is 48.4 Å². The molecule has 7 heteroatoms. The molecule has 0 radical (unpaired) electrons. The molecule has 1 saturated heterocycles. The molecule has 7 nitrogen and oxygen atoms in total. The number of benzene rings is 1. The first-order valence-electron chi connectivity index (χ1n) is 10.5. The molecule has 1 aliphatic heterocycles. The zero-order chi connectivity index (χ0) is 21.0. The molecule has 158 valence electrons. The minimum atomic E-state index is -0.137. The molecule has 3 N–H and O–H groups in total. The Morgan fingerprint density at radius 3 is 2.52 bits per heavy atom. The molecule has 0 saturated carbocycles. The van der Waals surface area contributed by atoms with E-state index in [9.17, 15) is 14.4 Å². The Bertz CT molecular complexity index is 769. The number of carbonyl (C=O) groups excluding carboxylic acids is 3. The van der Waals surface area contributed by atoms with Crippen LogP contribution in [0.5, 0.6) is 0 Å².